The molecule has 0 aliphatic carbocycles. The van der Waals surface area contributed by atoms with Crippen molar-refractivity contribution in [3.63, 3.8) is 0 Å². The third-order valence-electron chi connectivity index (χ3n) is 4.65. The maximum Gasteiger partial charge on any atom is 0.331 e. The van der Waals surface area contributed by atoms with E-state index in [0.29, 0.717) is 17.1 Å². The normalized spacial score (nSPS) is 20.1. The second-order valence-corrected chi connectivity index (χ2v) is 6.45. The van der Waals surface area contributed by atoms with Crippen LogP contribution in [0.1, 0.15) is 38.7 Å². The zero-order valence-electron chi connectivity index (χ0n) is 15.9. The topological polar surface area (TPSA) is 65.1 Å². The van der Waals surface area contributed by atoms with Crippen LogP contribution >= 0.6 is 0 Å². The summed E-state index contributed by atoms with van der Waals surface area (Å²) in [7, 11) is 3.08. The minimum Gasteiger partial charge on any atom is -0.493 e. The molecule has 1 aromatic carbocycles. The van der Waals surface area contributed by atoms with E-state index in [-0.39, 0.29) is 24.6 Å². The number of likely N-dealkylation sites (tertiary alicyclic amines) is 1. The minimum absolute atomic E-state index is 0.148. The Labute approximate surface area is 154 Å². The smallest absolute Gasteiger partial charge is 0.331 e. The van der Waals surface area contributed by atoms with Crippen LogP contribution in [0.4, 0.5) is 0 Å². The number of hydrogen-bond donors (Lipinski definition) is 0. The highest BCUT2D eigenvalue weighted by Crippen LogP contribution is 2.31. The molecule has 2 atom stereocenters. The summed E-state index contributed by atoms with van der Waals surface area (Å²) in [5.74, 6) is 0.392. The molecule has 1 aliphatic rings. The molecule has 0 unspecified atom stereocenters. The van der Waals surface area contributed by atoms with Crippen molar-refractivity contribution in [2.45, 2.75) is 45.2 Å². The van der Waals surface area contributed by atoms with Gasteiger partial charge in [-0.1, -0.05) is 12.1 Å². The summed E-state index contributed by atoms with van der Waals surface area (Å²) in [6.07, 6.45) is 5.96. The Morgan fingerprint density at radius 2 is 1.85 bits per heavy atom. The van der Waals surface area contributed by atoms with E-state index in [1.165, 1.54) is 13.2 Å². The molecule has 142 valence electrons. The number of methoxy groups -OCH3 is 2. The first-order valence-corrected chi connectivity index (χ1v) is 8.85. The Bertz CT molecular complexity index is 660. The number of para-hydroxylation sites is 1. The van der Waals surface area contributed by atoms with Gasteiger partial charge in [0.1, 0.15) is 0 Å². The molecule has 1 amide bonds. The van der Waals surface area contributed by atoms with Crippen molar-refractivity contribution in [3.05, 3.63) is 29.8 Å². The van der Waals surface area contributed by atoms with Crippen molar-refractivity contribution in [3.8, 4) is 11.5 Å². The van der Waals surface area contributed by atoms with Gasteiger partial charge in [-0.25, -0.2) is 4.79 Å². The lowest BCUT2D eigenvalue weighted by molar-refractivity contribution is -0.151. The molecule has 1 saturated heterocycles. The van der Waals surface area contributed by atoms with Crippen LogP contribution in [-0.4, -0.2) is 49.7 Å². The van der Waals surface area contributed by atoms with Crippen molar-refractivity contribution in [1.29, 1.82) is 0 Å². The van der Waals surface area contributed by atoms with Gasteiger partial charge >= 0.3 is 5.97 Å². The molecule has 0 spiro atoms. The van der Waals surface area contributed by atoms with Gasteiger partial charge in [-0.15, -0.1) is 0 Å². The molecule has 1 fully saturated rings. The summed E-state index contributed by atoms with van der Waals surface area (Å²) in [6, 6.07) is 5.74. The fourth-order valence-corrected chi connectivity index (χ4v) is 3.37. The predicted molar refractivity (Wildman–Crippen MR) is 99.2 cm³/mol. The molecule has 6 nitrogen and oxygen atoms in total. The van der Waals surface area contributed by atoms with Crippen LogP contribution in [-0.2, 0) is 14.3 Å². The van der Waals surface area contributed by atoms with Gasteiger partial charge in [-0.2, -0.15) is 0 Å². The molecule has 26 heavy (non-hydrogen) atoms. The third kappa shape index (κ3) is 4.77. The van der Waals surface area contributed by atoms with E-state index in [2.05, 4.69) is 0 Å². The van der Waals surface area contributed by atoms with Gasteiger partial charge < -0.3 is 19.1 Å². The molecule has 1 aliphatic heterocycles. The van der Waals surface area contributed by atoms with Crippen molar-refractivity contribution < 1.29 is 23.8 Å². The first kappa shape index (κ1) is 19.8. The lowest BCUT2D eigenvalue weighted by Crippen LogP contribution is -2.49. The SMILES string of the molecule is COc1cccc(/C=C/C(=O)OCC(=O)N2[C@@H](C)CCC[C@@H]2C)c1OC. The highest BCUT2D eigenvalue weighted by molar-refractivity contribution is 5.90. The average Bonchev–Trinajstić information content (AvgIpc) is 2.63. The maximum absolute atomic E-state index is 12.4. The Kier molecular flexibility index (Phi) is 7.06. The summed E-state index contributed by atoms with van der Waals surface area (Å²) in [5, 5.41) is 0. The highest BCUT2D eigenvalue weighted by atomic mass is 16.5. The van der Waals surface area contributed by atoms with Crippen LogP contribution in [0.2, 0.25) is 0 Å². The number of carbonyl (C=O) groups is 2. The minimum atomic E-state index is -0.569. The van der Waals surface area contributed by atoms with Gasteiger partial charge in [0.15, 0.2) is 18.1 Å². The number of rotatable bonds is 6. The second-order valence-electron chi connectivity index (χ2n) is 6.45. The fourth-order valence-electron chi connectivity index (χ4n) is 3.37. The van der Waals surface area contributed by atoms with Gasteiger partial charge in [0.25, 0.3) is 5.91 Å². The van der Waals surface area contributed by atoms with E-state index in [1.54, 1.807) is 31.4 Å². The van der Waals surface area contributed by atoms with E-state index in [9.17, 15) is 9.59 Å². The summed E-state index contributed by atoms with van der Waals surface area (Å²) in [5.41, 5.74) is 0.688. The number of benzene rings is 1. The molecule has 1 heterocycles. The van der Waals surface area contributed by atoms with Gasteiger partial charge in [0.2, 0.25) is 0 Å². The van der Waals surface area contributed by atoms with Gasteiger partial charge in [-0.3, -0.25) is 4.79 Å². The summed E-state index contributed by atoms with van der Waals surface area (Å²) in [6.45, 7) is 3.82. The number of nitrogens with zero attached hydrogens (tertiary/aromatic N) is 1. The van der Waals surface area contributed by atoms with E-state index in [1.807, 2.05) is 18.7 Å². The molecule has 0 saturated carbocycles. The highest BCUT2D eigenvalue weighted by Gasteiger charge is 2.29. The summed E-state index contributed by atoms with van der Waals surface area (Å²) >= 11 is 0. The second kappa shape index (κ2) is 9.27. The van der Waals surface area contributed by atoms with Crippen molar-refractivity contribution >= 4 is 18.0 Å². The number of ether oxygens (including phenoxy) is 3. The maximum atomic E-state index is 12.4. The molecule has 0 N–H and O–H groups in total. The average molecular weight is 361 g/mol. The Morgan fingerprint density at radius 1 is 1.15 bits per heavy atom. The largest absolute Gasteiger partial charge is 0.493 e. The molecule has 0 aromatic heterocycles. The molecular weight excluding hydrogens is 334 g/mol. The molecule has 2 rings (SSSR count). The standard InChI is InChI=1S/C20H27NO5/c1-14-7-5-8-15(2)21(14)18(22)13-26-19(23)12-11-16-9-6-10-17(24-3)20(16)25-4/h6,9-12,14-15H,5,7-8,13H2,1-4H3/b12-11+/t14-,15-/m0/s1. The predicted octanol–water partition coefficient (Wildman–Crippen LogP) is 3.05. The van der Waals surface area contributed by atoms with E-state index in [0.717, 1.165) is 19.3 Å². The van der Waals surface area contributed by atoms with E-state index >= 15 is 0 Å². The quantitative estimate of drug-likeness (QED) is 0.576. The molecule has 0 bridgehead atoms. The van der Waals surface area contributed by atoms with Gasteiger partial charge in [-0.05, 0) is 45.3 Å². The van der Waals surface area contributed by atoms with Crippen molar-refractivity contribution in [2.75, 3.05) is 20.8 Å². The number of carbonyl (C=O) groups excluding carboxylic acids is 2. The fraction of sp³-hybridized carbons (Fsp3) is 0.500. The third-order valence-corrected chi connectivity index (χ3v) is 4.65. The summed E-state index contributed by atoms with van der Waals surface area (Å²) < 4.78 is 15.7. The van der Waals surface area contributed by atoms with Crippen LogP contribution in [0.25, 0.3) is 6.08 Å². The van der Waals surface area contributed by atoms with Crippen LogP contribution in [0.3, 0.4) is 0 Å². The first-order chi connectivity index (χ1) is 12.5. The molecular formula is C20H27NO5. The number of esters is 1. The monoisotopic (exact) mass is 361 g/mol. The van der Waals surface area contributed by atoms with Crippen LogP contribution in [0, 0.1) is 0 Å². The molecule has 0 radical (unpaired) electrons. The van der Waals surface area contributed by atoms with Crippen molar-refractivity contribution in [1.82, 2.24) is 4.90 Å². The first-order valence-electron chi connectivity index (χ1n) is 8.85. The van der Waals surface area contributed by atoms with E-state index in [4.69, 9.17) is 14.2 Å². The zero-order valence-corrected chi connectivity index (χ0v) is 15.9. The lowest BCUT2D eigenvalue weighted by atomic mass is 9.97. The van der Waals surface area contributed by atoms with Crippen molar-refractivity contribution in [2.24, 2.45) is 0 Å². The molecule has 1 aromatic rings. The summed E-state index contributed by atoms with van der Waals surface area (Å²) in [4.78, 5) is 26.2. The van der Waals surface area contributed by atoms with E-state index < -0.39 is 5.97 Å². The number of hydrogen-bond acceptors (Lipinski definition) is 5. The van der Waals surface area contributed by atoms with Crippen LogP contribution in [0.5, 0.6) is 11.5 Å². The Hall–Kier alpha value is -2.50. The lowest BCUT2D eigenvalue weighted by Gasteiger charge is -2.38. The zero-order chi connectivity index (χ0) is 19.1. The number of piperidine rings is 1. The number of amides is 1. The van der Waals surface area contributed by atoms with Gasteiger partial charge in [0.05, 0.1) is 14.2 Å². The Balaban J connectivity index is 1.95. The van der Waals surface area contributed by atoms with Crippen LogP contribution < -0.4 is 9.47 Å². The van der Waals surface area contributed by atoms with Crippen LogP contribution in [0.15, 0.2) is 24.3 Å². The molecule has 6 heteroatoms. The van der Waals surface area contributed by atoms with Gasteiger partial charge in [0, 0.05) is 23.7 Å². The Morgan fingerprint density at radius 3 is 2.46 bits per heavy atom.